The van der Waals surface area contributed by atoms with Gasteiger partial charge in [-0.25, -0.2) is 4.68 Å². The van der Waals surface area contributed by atoms with Gasteiger partial charge in [0.2, 0.25) is 5.91 Å². The SMILES string of the molecule is CN(C)C(=O)Cn1ccnn1. The molecule has 0 saturated carbocycles. The quantitative estimate of drug-likeness (QED) is 0.569. The van der Waals surface area contributed by atoms with E-state index in [1.54, 1.807) is 26.5 Å². The third-order valence-electron chi connectivity index (χ3n) is 1.27. The first-order valence-corrected chi connectivity index (χ1v) is 3.24. The molecule has 0 aromatic carbocycles. The fourth-order valence-corrected chi connectivity index (χ4v) is 0.597. The molecule has 1 heterocycles. The standard InChI is InChI=1S/C6H10N4O/c1-9(2)6(11)5-10-4-3-7-8-10/h3-4H,5H2,1-2H3. The van der Waals surface area contributed by atoms with Crippen molar-refractivity contribution in [2.45, 2.75) is 6.54 Å². The molecule has 60 valence electrons. The summed E-state index contributed by atoms with van der Waals surface area (Å²) in [6.07, 6.45) is 3.20. The van der Waals surface area contributed by atoms with Gasteiger partial charge in [0, 0.05) is 20.3 Å². The van der Waals surface area contributed by atoms with Crippen LogP contribution in [0.2, 0.25) is 0 Å². The van der Waals surface area contributed by atoms with Gasteiger partial charge in [0.05, 0.1) is 6.20 Å². The third kappa shape index (κ3) is 2.03. The van der Waals surface area contributed by atoms with E-state index >= 15 is 0 Å². The third-order valence-corrected chi connectivity index (χ3v) is 1.27. The van der Waals surface area contributed by atoms with E-state index in [9.17, 15) is 4.79 Å². The van der Waals surface area contributed by atoms with Crippen molar-refractivity contribution < 1.29 is 4.79 Å². The smallest absolute Gasteiger partial charge is 0.243 e. The molecule has 0 saturated heterocycles. The Bertz CT molecular complexity index is 229. The van der Waals surface area contributed by atoms with E-state index in [1.807, 2.05) is 0 Å². The molecule has 11 heavy (non-hydrogen) atoms. The van der Waals surface area contributed by atoms with Gasteiger partial charge in [-0.3, -0.25) is 4.79 Å². The second-order valence-corrected chi connectivity index (χ2v) is 2.39. The van der Waals surface area contributed by atoms with Crippen molar-refractivity contribution in [2.24, 2.45) is 0 Å². The summed E-state index contributed by atoms with van der Waals surface area (Å²) in [7, 11) is 3.42. The van der Waals surface area contributed by atoms with E-state index < -0.39 is 0 Å². The number of carbonyl (C=O) groups excluding carboxylic acids is 1. The minimum absolute atomic E-state index is 0.00972. The second kappa shape index (κ2) is 3.14. The zero-order chi connectivity index (χ0) is 8.27. The lowest BCUT2D eigenvalue weighted by molar-refractivity contribution is -0.129. The van der Waals surface area contributed by atoms with E-state index in [4.69, 9.17) is 0 Å². The fraction of sp³-hybridized carbons (Fsp3) is 0.500. The van der Waals surface area contributed by atoms with Crippen molar-refractivity contribution in [3.8, 4) is 0 Å². The van der Waals surface area contributed by atoms with Gasteiger partial charge in [-0.05, 0) is 0 Å². The molecular weight excluding hydrogens is 144 g/mol. The Morgan fingerprint density at radius 2 is 2.36 bits per heavy atom. The number of nitrogens with zero attached hydrogens (tertiary/aromatic N) is 4. The molecule has 0 aliphatic carbocycles. The van der Waals surface area contributed by atoms with Gasteiger partial charge < -0.3 is 4.90 Å². The van der Waals surface area contributed by atoms with Gasteiger partial charge in [-0.2, -0.15) is 0 Å². The molecule has 1 rings (SSSR count). The van der Waals surface area contributed by atoms with Crippen molar-refractivity contribution in [1.29, 1.82) is 0 Å². The van der Waals surface area contributed by atoms with Crippen LogP contribution >= 0.6 is 0 Å². The molecule has 5 heteroatoms. The Morgan fingerprint density at radius 3 is 2.82 bits per heavy atom. The van der Waals surface area contributed by atoms with Crippen molar-refractivity contribution >= 4 is 5.91 Å². The molecule has 0 radical (unpaired) electrons. The van der Waals surface area contributed by atoms with Crippen LogP contribution in [0.15, 0.2) is 12.4 Å². The van der Waals surface area contributed by atoms with Crippen molar-refractivity contribution in [2.75, 3.05) is 14.1 Å². The van der Waals surface area contributed by atoms with Gasteiger partial charge in [0.15, 0.2) is 0 Å². The van der Waals surface area contributed by atoms with Crippen LogP contribution in [0.1, 0.15) is 0 Å². The maximum atomic E-state index is 11.0. The molecule has 1 aromatic heterocycles. The number of rotatable bonds is 2. The Hall–Kier alpha value is -1.39. The highest BCUT2D eigenvalue weighted by atomic mass is 16.2. The number of likely N-dealkylation sites (N-methyl/N-ethyl adjacent to an activating group) is 1. The topological polar surface area (TPSA) is 51.0 Å². The van der Waals surface area contributed by atoms with Crippen LogP contribution < -0.4 is 0 Å². The Kier molecular flexibility index (Phi) is 2.20. The summed E-state index contributed by atoms with van der Waals surface area (Å²) in [5, 5.41) is 7.23. The molecule has 0 bridgehead atoms. The first-order chi connectivity index (χ1) is 5.20. The minimum Gasteiger partial charge on any atom is -0.347 e. The maximum absolute atomic E-state index is 11.0. The van der Waals surface area contributed by atoms with Gasteiger partial charge >= 0.3 is 0 Å². The lowest BCUT2D eigenvalue weighted by Crippen LogP contribution is -2.26. The predicted molar refractivity (Wildman–Crippen MR) is 38.7 cm³/mol. The molecule has 0 fully saturated rings. The maximum Gasteiger partial charge on any atom is 0.243 e. The average Bonchev–Trinajstić information content (AvgIpc) is 2.39. The molecule has 1 amide bonds. The number of amides is 1. The summed E-state index contributed by atoms with van der Waals surface area (Å²) in [6.45, 7) is 0.257. The van der Waals surface area contributed by atoms with Crippen LogP contribution in [-0.4, -0.2) is 39.9 Å². The van der Waals surface area contributed by atoms with E-state index in [0.717, 1.165) is 0 Å². The van der Waals surface area contributed by atoms with Crippen LogP contribution in [0.4, 0.5) is 0 Å². The van der Waals surface area contributed by atoms with E-state index in [1.165, 1.54) is 9.58 Å². The Morgan fingerprint density at radius 1 is 1.64 bits per heavy atom. The molecular formula is C6H10N4O. The molecule has 0 spiro atoms. The molecule has 0 aliphatic heterocycles. The molecule has 0 N–H and O–H groups in total. The Labute approximate surface area is 64.6 Å². The Balaban J connectivity index is 2.50. The number of carbonyl (C=O) groups is 1. The summed E-state index contributed by atoms with van der Waals surface area (Å²) >= 11 is 0. The number of aromatic nitrogens is 3. The lowest BCUT2D eigenvalue weighted by Gasteiger charge is -2.08. The number of hydrogen-bond donors (Lipinski definition) is 0. The van der Waals surface area contributed by atoms with Gasteiger partial charge in [-0.1, -0.05) is 5.21 Å². The van der Waals surface area contributed by atoms with Crippen molar-refractivity contribution in [1.82, 2.24) is 19.9 Å². The highest BCUT2D eigenvalue weighted by Gasteiger charge is 2.03. The van der Waals surface area contributed by atoms with Crippen LogP contribution in [-0.2, 0) is 11.3 Å². The summed E-state index contributed by atoms with van der Waals surface area (Å²) in [5.74, 6) is 0.00972. The molecule has 1 aromatic rings. The highest BCUT2D eigenvalue weighted by Crippen LogP contribution is 1.85. The molecule has 0 unspecified atom stereocenters. The lowest BCUT2D eigenvalue weighted by atomic mass is 10.5. The monoisotopic (exact) mass is 154 g/mol. The van der Waals surface area contributed by atoms with E-state index in [0.29, 0.717) is 0 Å². The number of hydrogen-bond acceptors (Lipinski definition) is 3. The zero-order valence-electron chi connectivity index (χ0n) is 6.56. The van der Waals surface area contributed by atoms with E-state index in [2.05, 4.69) is 10.3 Å². The van der Waals surface area contributed by atoms with Gasteiger partial charge in [0.25, 0.3) is 0 Å². The van der Waals surface area contributed by atoms with Crippen LogP contribution in [0, 0.1) is 0 Å². The summed E-state index contributed by atoms with van der Waals surface area (Å²) in [5.41, 5.74) is 0. The van der Waals surface area contributed by atoms with Crippen LogP contribution in [0.5, 0.6) is 0 Å². The normalized spacial score (nSPS) is 9.64. The molecule has 5 nitrogen and oxygen atoms in total. The van der Waals surface area contributed by atoms with E-state index in [-0.39, 0.29) is 12.5 Å². The first kappa shape index (κ1) is 7.71. The summed E-state index contributed by atoms with van der Waals surface area (Å²) in [6, 6.07) is 0. The molecule has 0 aliphatic rings. The summed E-state index contributed by atoms with van der Waals surface area (Å²) in [4.78, 5) is 12.6. The summed E-state index contributed by atoms with van der Waals surface area (Å²) < 4.78 is 1.49. The second-order valence-electron chi connectivity index (χ2n) is 2.39. The largest absolute Gasteiger partial charge is 0.347 e. The first-order valence-electron chi connectivity index (χ1n) is 3.24. The zero-order valence-corrected chi connectivity index (χ0v) is 6.56. The predicted octanol–water partition coefficient (Wildman–Crippen LogP) is -0.634. The van der Waals surface area contributed by atoms with Gasteiger partial charge in [-0.15, -0.1) is 5.10 Å². The molecule has 0 atom stereocenters. The van der Waals surface area contributed by atoms with Crippen LogP contribution in [0.25, 0.3) is 0 Å². The highest BCUT2D eigenvalue weighted by molar-refractivity contribution is 5.75. The van der Waals surface area contributed by atoms with Crippen molar-refractivity contribution in [3.63, 3.8) is 0 Å². The minimum atomic E-state index is 0.00972. The fourth-order valence-electron chi connectivity index (χ4n) is 0.597. The van der Waals surface area contributed by atoms with Crippen molar-refractivity contribution in [3.05, 3.63) is 12.4 Å². The van der Waals surface area contributed by atoms with Crippen LogP contribution in [0.3, 0.4) is 0 Å². The van der Waals surface area contributed by atoms with Gasteiger partial charge in [0.1, 0.15) is 6.54 Å². The average molecular weight is 154 g/mol.